The van der Waals surface area contributed by atoms with Crippen LogP contribution >= 0.6 is 11.6 Å². The Labute approximate surface area is 110 Å². The molecule has 0 aliphatic heterocycles. The van der Waals surface area contributed by atoms with E-state index in [1.165, 1.54) is 6.42 Å². The van der Waals surface area contributed by atoms with Crippen LogP contribution in [0.5, 0.6) is 0 Å². The van der Waals surface area contributed by atoms with Crippen molar-refractivity contribution in [2.75, 3.05) is 0 Å². The van der Waals surface area contributed by atoms with Crippen LogP contribution in [0.2, 0.25) is 5.02 Å². The number of rotatable bonds is 3. The lowest BCUT2D eigenvalue weighted by atomic mass is 9.96. The number of benzene rings is 1. The van der Waals surface area contributed by atoms with Crippen molar-refractivity contribution in [2.45, 2.75) is 42.7 Å². The number of halogens is 1. The average Bonchev–Trinajstić information content (AvgIpc) is 2.32. The highest BCUT2D eigenvalue weighted by Crippen LogP contribution is 2.25. The van der Waals surface area contributed by atoms with Crippen LogP contribution in [0, 0.1) is 0 Å². The van der Waals surface area contributed by atoms with Gasteiger partial charge in [-0.2, -0.15) is 0 Å². The van der Waals surface area contributed by atoms with Gasteiger partial charge >= 0.3 is 0 Å². The van der Waals surface area contributed by atoms with Crippen LogP contribution in [0.4, 0.5) is 0 Å². The normalized spacial score (nSPS) is 26.7. The molecule has 3 atom stereocenters. The van der Waals surface area contributed by atoms with Crippen molar-refractivity contribution in [1.29, 1.82) is 0 Å². The molecule has 3 unspecified atom stereocenters. The van der Waals surface area contributed by atoms with Gasteiger partial charge in [-0.3, -0.25) is 4.21 Å². The molecule has 0 bridgehead atoms. The first kappa shape index (κ1) is 13.1. The molecule has 2 N–H and O–H groups in total. The van der Waals surface area contributed by atoms with E-state index in [1.54, 1.807) is 0 Å². The Kier molecular flexibility index (Phi) is 4.60. The minimum absolute atomic E-state index is 0.0899. The highest BCUT2D eigenvalue weighted by atomic mass is 35.5. The van der Waals surface area contributed by atoms with Crippen molar-refractivity contribution in [3.8, 4) is 0 Å². The predicted octanol–water partition coefficient (Wildman–Crippen LogP) is 2.86. The van der Waals surface area contributed by atoms with Crippen LogP contribution in [-0.4, -0.2) is 15.5 Å². The molecule has 17 heavy (non-hydrogen) atoms. The highest BCUT2D eigenvalue weighted by molar-refractivity contribution is 7.84. The fraction of sp³-hybridized carbons (Fsp3) is 0.538. The predicted molar refractivity (Wildman–Crippen MR) is 73.5 cm³/mol. The largest absolute Gasteiger partial charge is 0.327 e. The molecule has 1 aliphatic carbocycles. The standard InChI is InChI=1S/C13H18ClNOS/c14-11-6-2-1-5-10(11)9-17(16)13-8-4-3-7-12(13)15/h1-2,5-6,12-13H,3-4,7-9,15H2. The quantitative estimate of drug-likeness (QED) is 0.919. The van der Waals surface area contributed by atoms with Crippen molar-refractivity contribution in [3.63, 3.8) is 0 Å². The van der Waals surface area contributed by atoms with E-state index in [0.29, 0.717) is 10.8 Å². The Hall–Kier alpha value is -0.380. The summed E-state index contributed by atoms with van der Waals surface area (Å²) >= 11 is 6.08. The molecule has 2 rings (SSSR count). The second-order valence-electron chi connectivity index (χ2n) is 4.60. The second-order valence-corrected chi connectivity index (χ2v) is 6.67. The van der Waals surface area contributed by atoms with Crippen molar-refractivity contribution in [3.05, 3.63) is 34.9 Å². The number of hydrogen-bond acceptors (Lipinski definition) is 2. The van der Waals surface area contributed by atoms with Gasteiger partial charge in [0, 0.05) is 21.9 Å². The summed E-state index contributed by atoms with van der Waals surface area (Å²) in [7, 11) is -0.907. The number of nitrogens with two attached hydrogens (primary N) is 1. The van der Waals surface area contributed by atoms with Crippen LogP contribution in [-0.2, 0) is 16.6 Å². The molecule has 1 fully saturated rings. The maximum atomic E-state index is 12.3. The molecule has 0 spiro atoms. The van der Waals surface area contributed by atoms with Crippen molar-refractivity contribution in [1.82, 2.24) is 0 Å². The monoisotopic (exact) mass is 271 g/mol. The van der Waals surface area contributed by atoms with Gasteiger partial charge < -0.3 is 5.73 Å². The Bertz CT molecular complexity index is 410. The first-order valence-corrected chi connectivity index (χ1v) is 7.80. The lowest BCUT2D eigenvalue weighted by molar-refractivity contribution is 0.445. The van der Waals surface area contributed by atoms with Gasteiger partial charge in [-0.15, -0.1) is 0 Å². The highest BCUT2D eigenvalue weighted by Gasteiger charge is 2.27. The molecular formula is C13H18ClNOS. The van der Waals surface area contributed by atoms with Gasteiger partial charge in [-0.05, 0) is 24.5 Å². The molecule has 0 radical (unpaired) electrons. The van der Waals surface area contributed by atoms with Gasteiger partial charge in [0.1, 0.15) is 0 Å². The molecule has 2 nitrogen and oxygen atoms in total. The summed E-state index contributed by atoms with van der Waals surface area (Å²) in [6.07, 6.45) is 4.30. The molecular weight excluding hydrogens is 254 g/mol. The van der Waals surface area contributed by atoms with Gasteiger partial charge in [0.05, 0.1) is 11.0 Å². The maximum Gasteiger partial charge on any atom is 0.0503 e. The summed E-state index contributed by atoms with van der Waals surface area (Å²) in [4.78, 5) is 0. The van der Waals surface area contributed by atoms with E-state index in [2.05, 4.69) is 0 Å². The summed E-state index contributed by atoms with van der Waals surface area (Å²) in [6.45, 7) is 0. The third kappa shape index (κ3) is 3.30. The van der Waals surface area contributed by atoms with Gasteiger partial charge in [0.15, 0.2) is 0 Å². The zero-order valence-corrected chi connectivity index (χ0v) is 11.3. The van der Waals surface area contributed by atoms with Gasteiger partial charge in [-0.25, -0.2) is 0 Å². The minimum Gasteiger partial charge on any atom is -0.327 e. The molecule has 0 heterocycles. The first-order valence-electron chi connectivity index (χ1n) is 6.04. The minimum atomic E-state index is -0.907. The first-order chi connectivity index (χ1) is 8.18. The van der Waals surface area contributed by atoms with Crippen molar-refractivity contribution in [2.24, 2.45) is 5.73 Å². The summed E-state index contributed by atoms with van der Waals surface area (Å²) in [5.41, 5.74) is 7.01. The Morgan fingerprint density at radius 2 is 2.00 bits per heavy atom. The Balaban J connectivity index is 2.03. The lowest BCUT2D eigenvalue weighted by Gasteiger charge is -2.27. The summed E-state index contributed by atoms with van der Waals surface area (Å²) in [5.74, 6) is 0.526. The Morgan fingerprint density at radius 1 is 1.29 bits per heavy atom. The summed E-state index contributed by atoms with van der Waals surface area (Å²) in [6, 6.07) is 7.69. The van der Waals surface area contributed by atoms with Crippen molar-refractivity contribution >= 4 is 22.4 Å². The van der Waals surface area contributed by atoms with Crippen LogP contribution in [0.15, 0.2) is 24.3 Å². The zero-order chi connectivity index (χ0) is 12.3. The molecule has 1 aromatic rings. The van der Waals surface area contributed by atoms with Gasteiger partial charge in [0.2, 0.25) is 0 Å². The third-order valence-corrected chi connectivity index (χ3v) is 5.57. The Morgan fingerprint density at radius 3 is 2.71 bits per heavy atom. The summed E-state index contributed by atoms with van der Waals surface area (Å²) < 4.78 is 12.3. The fourth-order valence-electron chi connectivity index (χ4n) is 2.33. The SMILES string of the molecule is NC1CCCCC1S(=O)Cc1ccccc1Cl. The topological polar surface area (TPSA) is 43.1 Å². The lowest BCUT2D eigenvalue weighted by Crippen LogP contribution is -2.40. The van der Waals surface area contributed by atoms with E-state index in [0.717, 1.165) is 24.8 Å². The van der Waals surface area contributed by atoms with E-state index < -0.39 is 10.8 Å². The van der Waals surface area contributed by atoms with Crippen LogP contribution in [0.3, 0.4) is 0 Å². The molecule has 0 saturated heterocycles. The van der Waals surface area contributed by atoms with Crippen LogP contribution < -0.4 is 5.73 Å². The van der Waals surface area contributed by atoms with E-state index in [-0.39, 0.29) is 11.3 Å². The number of hydrogen-bond donors (Lipinski definition) is 1. The van der Waals surface area contributed by atoms with E-state index in [1.807, 2.05) is 24.3 Å². The zero-order valence-electron chi connectivity index (χ0n) is 9.77. The summed E-state index contributed by atoms with van der Waals surface area (Å²) in [5, 5.41) is 0.838. The molecule has 1 aliphatic rings. The second kappa shape index (κ2) is 5.98. The molecule has 1 aromatic carbocycles. The van der Waals surface area contributed by atoms with Gasteiger partial charge in [-0.1, -0.05) is 42.6 Å². The van der Waals surface area contributed by atoms with Crippen LogP contribution in [0.25, 0.3) is 0 Å². The molecule has 94 valence electrons. The molecule has 0 aromatic heterocycles. The fourth-order valence-corrected chi connectivity index (χ4v) is 4.34. The third-order valence-electron chi connectivity index (χ3n) is 3.35. The molecule has 0 amide bonds. The van der Waals surface area contributed by atoms with E-state index in [9.17, 15) is 4.21 Å². The van der Waals surface area contributed by atoms with Crippen molar-refractivity contribution < 1.29 is 4.21 Å². The maximum absolute atomic E-state index is 12.3. The average molecular weight is 272 g/mol. The van der Waals surface area contributed by atoms with E-state index in [4.69, 9.17) is 17.3 Å². The van der Waals surface area contributed by atoms with E-state index >= 15 is 0 Å². The molecule has 4 heteroatoms. The molecule has 1 saturated carbocycles. The van der Waals surface area contributed by atoms with Gasteiger partial charge in [0.25, 0.3) is 0 Å². The smallest absolute Gasteiger partial charge is 0.0503 e. The van der Waals surface area contributed by atoms with Crippen LogP contribution in [0.1, 0.15) is 31.2 Å².